The lowest BCUT2D eigenvalue weighted by Crippen LogP contribution is -2.01. The van der Waals surface area contributed by atoms with Gasteiger partial charge in [0.05, 0.1) is 6.10 Å². The molecule has 0 aliphatic carbocycles. The molecule has 2 aromatic rings. The second-order valence-corrected chi connectivity index (χ2v) is 4.13. The van der Waals surface area contributed by atoms with Crippen LogP contribution < -0.4 is 0 Å². The molecule has 0 aliphatic heterocycles. The van der Waals surface area contributed by atoms with Crippen LogP contribution in [0, 0.1) is 0 Å². The van der Waals surface area contributed by atoms with E-state index in [1.807, 2.05) is 54.6 Å². The molecule has 0 aromatic heterocycles. The summed E-state index contributed by atoms with van der Waals surface area (Å²) in [6.07, 6.45) is 0.0463. The molecule has 0 saturated heterocycles. The molecule has 0 bridgehead atoms. The monoisotopic (exact) mass is 232 g/mol. The third kappa shape index (κ3) is 2.63. The largest absolute Gasteiger partial charge is 0.388 e. The Hall–Kier alpha value is -1.31. The third-order valence-electron chi connectivity index (χ3n) is 2.56. The highest BCUT2D eigenvalue weighted by atomic mass is 35.5. The maximum atomic E-state index is 10.0. The summed E-state index contributed by atoms with van der Waals surface area (Å²) >= 11 is 6.04. The standard InChI is InChI=1S/C14H13ClO/c15-13-9-5-4-8-12(13)10-14(16)11-6-2-1-3-7-11/h1-9,14,16H,10H2/t14-/m1/s1. The van der Waals surface area contributed by atoms with Crippen molar-refractivity contribution < 1.29 is 5.11 Å². The Morgan fingerprint density at radius 1 is 0.938 bits per heavy atom. The van der Waals surface area contributed by atoms with Gasteiger partial charge in [-0.2, -0.15) is 0 Å². The van der Waals surface area contributed by atoms with E-state index in [1.54, 1.807) is 0 Å². The van der Waals surface area contributed by atoms with Gasteiger partial charge < -0.3 is 5.11 Å². The van der Waals surface area contributed by atoms with Gasteiger partial charge in [0.25, 0.3) is 0 Å². The summed E-state index contributed by atoms with van der Waals surface area (Å²) in [5.74, 6) is 0. The molecule has 1 atom stereocenters. The highest BCUT2D eigenvalue weighted by Gasteiger charge is 2.09. The predicted molar refractivity (Wildman–Crippen MR) is 66.6 cm³/mol. The number of hydrogen-bond acceptors (Lipinski definition) is 1. The minimum atomic E-state index is -0.499. The first-order chi connectivity index (χ1) is 7.77. The van der Waals surface area contributed by atoms with E-state index in [0.29, 0.717) is 11.4 Å². The average Bonchev–Trinajstić information content (AvgIpc) is 2.33. The molecule has 0 aliphatic rings. The van der Waals surface area contributed by atoms with Crippen molar-refractivity contribution in [2.24, 2.45) is 0 Å². The van der Waals surface area contributed by atoms with E-state index in [9.17, 15) is 5.11 Å². The summed E-state index contributed by atoms with van der Waals surface area (Å²) in [5, 5.41) is 10.7. The van der Waals surface area contributed by atoms with E-state index in [0.717, 1.165) is 11.1 Å². The van der Waals surface area contributed by atoms with Gasteiger partial charge in [-0.15, -0.1) is 0 Å². The Kier molecular flexibility index (Phi) is 3.60. The first-order valence-electron chi connectivity index (χ1n) is 5.24. The van der Waals surface area contributed by atoms with Gasteiger partial charge in [-0.3, -0.25) is 0 Å². The molecule has 16 heavy (non-hydrogen) atoms. The van der Waals surface area contributed by atoms with Crippen molar-refractivity contribution in [3.05, 3.63) is 70.7 Å². The second-order valence-electron chi connectivity index (χ2n) is 3.72. The van der Waals surface area contributed by atoms with Gasteiger partial charge in [-0.05, 0) is 17.2 Å². The quantitative estimate of drug-likeness (QED) is 0.857. The smallest absolute Gasteiger partial charge is 0.0830 e. The van der Waals surface area contributed by atoms with Crippen LogP contribution in [0.5, 0.6) is 0 Å². The van der Waals surface area contributed by atoms with Crippen LogP contribution in [0.15, 0.2) is 54.6 Å². The summed E-state index contributed by atoms with van der Waals surface area (Å²) in [5.41, 5.74) is 1.89. The molecule has 0 unspecified atom stereocenters. The molecular formula is C14H13ClO. The maximum Gasteiger partial charge on any atom is 0.0830 e. The molecule has 0 saturated carbocycles. The van der Waals surface area contributed by atoms with Crippen molar-refractivity contribution >= 4 is 11.6 Å². The van der Waals surface area contributed by atoms with Crippen molar-refractivity contribution in [2.75, 3.05) is 0 Å². The van der Waals surface area contributed by atoms with Crippen molar-refractivity contribution in [1.29, 1.82) is 0 Å². The Labute approximate surface area is 100 Å². The lowest BCUT2D eigenvalue weighted by Gasteiger charge is -2.11. The molecule has 1 nitrogen and oxygen atoms in total. The molecule has 2 heteroatoms. The number of aliphatic hydroxyl groups excluding tert-OH is 1. The normalized spacial score (nSPS) is 12.4. The van der Waals surface area contributed by atoms with Gasteiger partial charge in [-0.25, -0.2) is 0 Å². The summed E-state index contributed by atoms with van der Waals surface area (Å²) < 4.78 is 0. The minimum absolute atomic E-state index is 0.499. The first kappa shape index (κ1) is 11.2. The molecule has 0 amide bonds. The Morgan fingerprint density at radius 3 is 2.25 bits per heavy atom. The van der Waals surface area contributed by atoms with Crippen molar-refractivity contribution in [2.45, 2.75) is 12.5 Å². The van der Waals surface area contributed by atoms with Gasteiger partial charge >= 0.3 is 0 Å². The van der Waals surface area contributed by atoms with Crippen LogP contribution in [0.2, 0.25) is 5.02 Å². The highest BCUT2D eigenvalue weighted by Crippen LogP contribution is 2.22. The van der Waals surface area contributed by atoms with E-state index in [2.05, 4.69) is 0 Å². The van der Waals surface area contributed by atoms with E-state index in [-0.39, 0.29) is 0 Å². The molecular weight excluding hydrogens is 220 g/mol. The number of hydrogen-bond donors (Lipinski definition) is 1. The van der Waals surface area contributed by atoms with E-state index in [1.165, 1.54) is 0 Å². The summed E-state index contributed by atoms with van der Waals surface area (Å²) in [7, 11) is 0. The van der Waals surface area contributed by atoms with E-state index >= 15 is 0 Å². The van der Waals surface area contributed by atoms with Crippen LogP contribution >= 0.6 is 11.6 Å². The van der Waals surface area contributed by atoms with Crippen LogP contribution in [0.1, 0.15) is 17.2 Å². The van der Waals surface area contributed by atoms with Crippen LogP contribution in [0.4, 0.5) is 0 Å². The van der Waals surface area contributed by atoms with Gasteiger partial charge in [0.1, 0.15) is 0 Å². The molecule has 2 aromatic carbocycles. The maximum absolute atomic E-state index is 10.0. The molecule has 0 heterocycles. The first-order valence-corrected chi connectivity index (χ1v) is 5.61. The fraction of sp³-hybridized carbons (Fsp3) is 0.143. The Bertz CT molecular complexity index is 453. The van der Waals surface area contributed by atoms with Gasteiger partial charge in [0.15, 0.2) is 0 Å². The predicted octanol–water partition coefficient (Wildman–Crippen LogP) is 3.62. The van der Waals surface area contributed by atoms with Gasteiger partial charge in [0.2, 0.25) is 0 Å². The third-order valence-corrected chi connectivity index (χ3v) is 2.92. The van der Waals surface area contributed by atoms with Crippen LogP contribution in [0.3, 0.4) is 0 Å². The van der Waals surface area contributed by atoms with Crippen LogP contribution in [-0.4, -0.2) is 5.11 Å². The van der Waals surface area contributed by atoms with Gasteiger partial charge in [0, 0.05) is 11.4 Å². The lowest BCUT2D eigenvalue weighted by atomic mass is 10.0. The average molecular weight is 233 g/mol. The number of halogens is 1. The highest BCUT2D eigenvalue weighted by molar-refractivity contribution is 6.31. The summed E-state index contributed by atoms with van der Waals surface area (Å²) in [4.78, 5) is 0. The number of rotatable bonds is 3. The molecule has 0 fully saturated rings. The van der Waals surface area contributed by atoms with Crippen LogP contribution in [0.25, 0.3) is 0 Å². The molecule has 82 valence electrons. The topological polar surface area (TPSA) is 20.2 Å². The van der Waals surface area contributed by atoms with Crippen molar-refractivity contribution in [3.63, 3.8) is 0 Å². The molecule has 1 N–H and O–H groups in total. The minimum Gasteiger partial charge on any atom is -0.388 e. The second kappa shape index (κ2) is 5.15. The zero-order chi connectivity index (χ0) is 11.4. The lowest BCUT2D eigenvalue weighted by molar-refractivity contribution is 0.178. The van der Waals surface area contributed by atoms with E-state index in [4.69, 9.17) is 11.6 Å². The number of benzene rings is 2. The molecule has 0 radical (unpaired) electrons. The fourth-order valence-corrected chi connectivity index (χ4v) is 1.88. The van der Waals surface area contributed by atoms with Crippen LogP contribution in [-0.2, 0) is 6.42 Å². The Morgan fingerprint density at radius 2 is 1.56 bits per heavy atom. The summed E-state index contributed by atoms with van der Waals surface area (Å²) in [6, 6.07) is 17.2. The Balaban J connectivity index is 2.14. The molecule has 0 spiro atoms. The fourth-order valence-electron chi connectivity index (χ4n) is 1.67. The van der Waals surface area contributed by atoms with Crippen molar-refractivity contribution in [1.82, 2.24) is 0 Å². The zero-order valence-corrected chi connectivity index (χ0v) is 9.56. The molecule has 2 rings (SSSR count). The van der Waals surface area contributed by atoms with E-state index < -0.39 is 6.10 Å². The zero-order valence-electron chi connectivity index (χ0n) is 8.81. The van der Waals surface area contributed by atoms with Crippen molar-refractivity contribution in [3.8, 4) is 0 Å². The number of aliphatic hydroxyl groups is 1. The van der Waals surface area contributed by atoms with Gasteiger partial charge in [-0.1, -0.05) is 60.1 Å². The SMILES string of the molecule is O[C@H](Cc1ccccc1Cl)c1ccccc1. The summed E-state index contributed by atoms with van der Waals surface area (Å²) in [6.45, 7) is 0.